The first kappa shape index (κ1) is 21.3. The van der Waals surface area contributed by atoms with Crippen LogP contribution >= 0.6 is 47.0 Å². The number of thioether (sulfide) groups is 4. The Hall–Kier alpha value is -1.98. The van der Waals surface area contributed by atoms with E-state index in [1.54, 1.807) is 0 Å². The van der Waals surface area contributed by atoms with Crippen molar-refractivity contribution < 1.29 is 0 Å². The molecule has 0 unspecified atom stereocenters. The highest BCUT2D eigenvalue weighted by Crippen LogP contribution is 2.51. The molecule has 148 valence electrons. The standard InChI is InChI=1S/C26H20S4/c1-5-13-21(14-6-1)27-25(28-22-15-7-2-8-16-22)26(29-23-17-9-3-10-18-23)30-24-19-11-4-12-20-24/h1-20H. The van der Waals surface area contributed by atoms with Crippen LogP contribution in [0.4, 0.5) is 0 Å². The summed E-state index contributed by atoms with van der Waals surface area (Å²) in [6, 6.07) is 42.5. The van der Waals surface area contributed by atoms with E-state index in [0.717, 1.165) is 0 Å². The van der Waals surface area contributed by atoms with Gasteiger partial charge in [0.15, 0.2) is 0 Å². The molecule has 4 rings (SSSR count). The summed E-state index contributed by atoms with van der Waals surface area (Å²) in [6.45, 7) is 0. The highest BCUT2D eigenvalue weighted by molar-refractivity contribution is 8.28. The topological polar surface area (TPSA) is 0 Å². The van der Waals surface area contributed by atoms with E-state index in [-0.39, 0.29) is 0 Å². The van der Waals surface area contributed by atoms with Gasteiger partial charge in [0.1, 0.15) is 0 Å². The summed E-state index contributed by atoms with van der Waals surface area (Å²) in [5, 5.41) is 0. The second-order valence-corrected chi connectivity index (χ2v) is 11.1. The van der Waals surface area contributed by atoms with Gasteiger partial charge in [0.25, 0.3) is 0 Å². The first-order valence-corrected chi connectivity index (χ1v) is 12.8. The fraction of sp³-hybridized carbons (Fsp3) is 0. The average Bonchev–Trinajstić information content (AvgIpc) is 2.81. The van der Waals surface area contributed by atoms with E-state index in [9.17, 15) is 0 Å². The molecular formula is C26H20S4. The normalized spacial score (nSPS) is 10.5. The fourth-order valence-electron chi connectivity index (χ4n) is 2.59. The number of hydrogen-bond donors (Lipinski definition) is 0. The van der Waals surface area contributed by atoms with E-state index in [0.29, 0.717) is 0 Å². The van der Waals surface area contributed by atoms with Crippen LogP contribution in [0.1, 0.15) is 0 Å². The van der Waals surface area contributed by atoms with Crippen molar-refractivity contribution >= 4 is 47.0 Å². The Morgan fingerprint density at radius 3 is 0.700 bits per heavy atom. The molecule has 0 atom stereocenters. The van der Waals surface area contributed by atoms with Crippen molar-refractivity contribution in [1.29, 1.82) is 0 Å². The van der Waals surface area contributed by atoms with Crippen molar-refractivity contribution in [3.63, 3.8) is 0 Å². The van der Waals surface area contributed by atoms with Crippen LogP contribution in [0.3, 0.4) is 0 Å². The summed E-state index contributed by atoms with van der Waals surface area (Å²) in [5.74, 6) is 0. The Kier molecular flexibility index (Phi) is 8.09. The first-order valence-electron chi connectivity index (χ1n) is 9.53. The quantitative estimate of drug-likeness (QED) is 0.240. The molecule has 30 heavy (non-hydrogen) atoms. The Morgan fingerprint density at radius 1 is 0.300 bits per heavy atom. The SMILES string of the molecule is c1ccc(SC(Sc2ccccc2)=C(Sc2ccccc2)Sc2ccccc2)cc1. The minimum absolute atomic E-state index is 1.25. The van der Waals surface area contributed by atoms with Gasteiger partial charge in [-0.2, -0.15) is 0 Å². The Morgan fingerprint density at radius 2 is 0.500 bits per heavy atom. The molecule has 0 bridgehead atoms. The maximum atomic E-state index is 2.17. The minimum Gasteiger partial charge on any atom is -0.0810 e. The van der Waals surface area contributed by atoms with Gasteiger partial charge in [-0.25, -0.2) is 0 Å². The van der Waals surface area contributed by atoms with Gasteiger partial charge in [-0.05, 0) is 48.5 Å². The molecule has 0 amide bonds. The zero-order valence-corrected chi connectivity index (χ0v) is 19.4. The maximum Gasteiger partial charge on any atom is 0.0705 e. The third kappa shape index (κ3) is 6.51. The Labute approximate surface area is 195 Å². The van der Waals surface area contributed by atoms with Gasteiger partial charge in [0.2, 0.25) is 0 Å². The molecule has 4 heteroatoms. The summed E-state index contributed by atoms with van der Waals surface area (Å²) in [7, 11) is 0. The zero-order valence-electron chi connectivity index (χ0n) is 16.2. The van der Waals surface area contributed by atoms with Gasteiger partial charge in [-0.1, -0.05) is 120 Å². The number of benzene rings is 4. The molecule has 0 spiro atoms. The molecule has 0 aliphatic rings. The van der Waals surface area contributed by atoms with Crippen LogP contribution in [0, 0.1) is 0 Å². The third-order valence-electron chi connectivity index (χ3n) is 3.98. The molecule has 0 nitrogen and oxygen atoms in total. The minimum atomic E-state index is 1.25. The third-order valence-corrected chi connectivity index (χ3v) is 9.09. The second kappa shape index (κ2) is 11.4. The smallest absolute Gasteiger partial charge is 0.0705 e. The highest BCUT2D eigenvalue weighted by Gasteiger charge is 2.15. The molecule has 0 N–H and O–H groups in total. The predicted molar refractivity (Wildman–Crippen MR) is 136 cm³/mol. The molecular weight excluding hydrogens is 441 g/mol. The van der Waals surface area contributed by atoms with Crippen LogP contribution in [0.25, 0.3) is 0 Å². The van der Waals surface area contributed by atoms with E-state index in [2.05, 4.69) is 121 Å². The molecule has 0 fully saturated rings. The van der Waals surface area contributed by atoms with Crippen LogP contribution in [0.2, 0.25) is 0 Å². The lowest BCUT2D eigenvalue weighted by Gasteiger charge is -2.15. The van der Waals surface area contributed by atoms with Crippen molar-refractivity contribution in [3.8, 4) is 0 Å². The van der Waals surface area contributed by atoms with E-state index < -0.39 is 0 Å². The van der Waals surface area contributed by atoms with Gasteiger partial charge in [-0.15, -0.1) is 0 Å². The van der Waals surface area contributed by atoms with Gasteiger partial charge in [0, 0.05) is 19.6 Å². The van der Waals surface area contributed by atoms with Crippen molar-refractivity contribution in [2.24, 2.45) is 0 Å². The van der Waals surface area contributed by atoms with Crippen LogP contribution in [0.5, 0.6) is 0 Å². The summed E-state index contributed by atoms with van der Waals surface area (Å²) < 4.78 is 2.57. The molecule has 4 aromatic rings. The lowest BCUT2D eigenvalue weighted by molar-refractivity contribution is 1.46. The van der Waals surface area contributed by atoms with Crippen LogP contribution in [0.15, 0.2) is 149 Å². The number of rotatable bonds is 8. The predicted octanol–water partition coefficient (Wildman–Crippen LogP) is 9.28. The maximum absolute atomic E-state index is 2.17. The van der Waals surface area contributed by atoms with Gasteiger partial charge < -0.3 is 0 Å². The lowest BCUT2D eigenvalue weighted by atomic mass is 10.4. The van der Waals surface area contributed by atoms with E-state index in [1.165, 1.54) is 28.1 Å². The van der Waals surface area contributed by atoms with Crippen LogP contribution < -0.4 is 0 Å². The monoisotopic (exact) mass is 460 g/mol. The first-order chi connectivity index (χ1) is 14.9. The molecule has 0 aromatic heterocycles. The van der Waals surface area contributed by atoms with E-state index in [4.69, 9.17) is 0 Å². The van der Waals surface area contributed by atoms with Crippen molar-refractivity contribution in [2.75, 3.05) is 0 Å². The number of hydrogen-bond acceptors (Lipinski definition) is 4. The van der Waals surface area contributed by atoms with Crippen molar-refractivity contribution in [1.82, 2.24) is 0 Å². The van der Waals surface area contributed by atoms with Crippen molar-refractivity contribution in [3.05, 3.63) is 130 Å². The average molecular weight is 461 g/mol. The molecule has 0 aliphatic heterocycles. The van der Waals surface area contributed by atoms with E-state index >= 15 is 0 Å². The van der Waals surface area contributed by atoms with Gasteiger partial charge >= 0.3 is 0 Å². The van der Waals surface area contributed by atoms with Crippen molar-refractivity contribution in [2.45, 2.75) is 19.6 Å². The molecule has 0 saturated carbocycles. The Bertz CT molecular complexity index is 887. The molecule has 0 aliphatic carbocycles. The molecule has 0 saturated heterocycles. The van der Waals surface area contributed by atoms with E-state index in [1.807, 2.05) is 47.0 Å². The summed E-state index contributed by atoms with van der Waals surface area (Å²) in [4.78, 5) is 4.98. The lowest BCUT2D eigenvalue weighted by Crippen LogP contribution is -1.82. The van der Waals surface area contributed by atoms with Gasteiger partial charge in [-0.3, -0.25) is 0 Å². The van der Waals surface area contributed by atoms with Gasteiger partial charge in [0.05, 0.1) is 8.47 Å². The zero-order chi connectivity index (χ0) is 20.4. The molecule has 0 heterocycles. The van der Waals surface area contributed by atoms with Crippen LogP contribution in [-0.4, -0.2) is 0 Å². The summed E-state index contributed by atoms with van der Waals surface area (Å²) >= 11 is 7.32. The summed E-state index contributed by atoms with van der Waals surface area (Å²) in [6.07, 6.45) is 0. The second-order valence-electron chi connectivity index (χ2n) is 6.24. The largest absolute Gasteiger partial charge is 0.0810 e. The summed E-state index contributed by atoms with van der Waals surface area (Å²) in [5.41, 5.74) is 0. The van der Waals surface area contributed by atoms with Crippen LogP contribution in [-0.2, 0) is 0 Å². The fourth-order valence-corrected chi connectivity index (χ4v) is 7.44. The Balaban J connectivity index is 1.74. The molecule has 4 aromatic carbocycles. The highest BCUT2D eigenvalue weighted by atomic mass is 32.2. The molecule has 0 radical (unpaired) electrons.